The fourth-order valence-corrected chi connectivity index (χ4v) is 3.22. The lowest BCUT2D eigenvalue weighted by molar-refractivity contribution is 0.0912. The number of aromatic nitrogens is 1. The van der Waals surface area contributed by atoms with Crippen molar-refractivity contribution in [2.75, 3.05) is 0 Å². The van der Waals surface area contributed by atoms with Crippen LogP contribution in [-0.2, 0) is 6.54 Å². The van der Waals surface area contributed by atoms with Gasteiger partial charge in [0.1, 0.15) is 5.69 Å². The van der Waals surface area contributed by atoms with E-state index in [4.69, 9.17) is 0 Å². The minimum absolute atomic E-state index is 0.0571. The van der Waals surface area contributed by atoms with Gasteiger partial charge in [0.05, 0.1) is 0 Å². The summed E-state index contributed by atoms with van der Waals surface area (Å²) in [6, 6.07) is 2.24. The van der Waals surface area contributed by atoms with Gasteiger partial charge in [-0.2, -0.15) is 0 Å². The first-order valence-corrected chi connectivity index (χ1v) is 7.56. The molecular weight excluding hydrogens is 292 g/mol. The van der Waals surface area contributed by atoms with E-state index in [1.807, 2.05) is 23.8 Å². The molecule has 100 valence electrons. The number of aryl methyl sites for hydroxylation is 1. The molecule has 0 bridgehead atoms. The van der Waals surface area contributed by atoms with Crippen molar-refractivity contribution in [2.24, 2.45) is 5.92 Å². The maximum absolute atomic E-state index is 12.3. The SMILES string of the molecule is CCn1cc(Br)cc1C(=O)NC1CCCC(C)C1. The summed E-state index contributed by atoms with van der Waals surface area (Å²) in [7, 11) is 0. The molecule has 0 aliphatic heterocycles. The van der Waals surface area contributed by atoms with Crippen LogP contribution in [-0.4, -0.2) is 16.5 Å². The molecule has 1 heterocycles. The van der Waals surface area contributed by atoms with Crippen LogP contribution in [0.25, 0.3) is 0 Å². The Kier molecular flexibility index (Phi) is 4.49. The molecule has 2 rings (SSSR count). The minimum Gasteiger partial charge on any atom is -0.348 e. The van der Waals surface area contributed by atoms with Crippen LogP contribution in [0.1, 0.15) is 50.0 Å². The number of hydrogen-bond donors (Lipinski definition) is 1. The van der Waals surface area contributed by atoms with Gasteiger partial charge in [0.15, 0.2) is 0 Å². The van der Waals surface area contributed by atoms with E-state index >= 15 is 0 Å². The highest BCUT2D eigenvalue weighted by Crippen LogP contribution is 2.24. The summed E-state index contributed by atoms with van der Waals surface area (Å²) in [6.45, 7) is 5.13. The zero-order valence-electron chi connectivity index (χ0n) is 11.1. The van der Waals surface area contributed by atoms with Crippen molar-refractivity contribution in [3.63, 3.8) is 0 Å². The molecule has 2 atom stereocenters. The van der Waals surface area contributed by atoms with Crippen molar-refractivity contribution >= 4 is 21.8 Å². The first-order chi connectivity index (χ1) is 8.60. The Bertz CT molecular complexity index is 427. The zero-order valence-corrected chi connectivity index (χ0v) is 12.7. The average Bonchev–Trinajstić information content (AvgIpc) is 2.70. The molecule has 1 aliphatic carbocycles. The van der Waals surface area contributed by atoms with Crippen LogP contribution in [0.15, 0.2) is 16.7 Å². The maximum Gasteiger partial charge on any atom is 0.268 e. The number of halogens is 1. The lowest BCUT2D eigenvalue weighted by atomic mass is 9.87. The average molecular weight is 313 g/mol. The maximum atomic E-state index is 12.3. The number of rotatable bonds is 3. The van der Waals surface area contributed by atoms with E-state index in [0.717, 1.165) is 35.5 Å². The summed E-state index contributed by atoms with van der Waals surface area (Å²) in [5.41, 5.74) is 0.752. The van der Waals surface area contributed by atoms with Crippen molar-refractivity contribution in [3.05, 3.63) is 22.4 Å². The van der Waals surface area contributed by atoms with E-state index in [0.29, 0.717) is 6.04 Å². The second kappa shape index (κ2) is 5.91. The number of carbonyl (C=O) groups excluding carboxylic acids is 1. The predicted molar refractivity (Wildman–Crippen MR) is 76.7 cm³/mol. The standard InChI is InChI=1S/C14H21BrN2O/c1-3-17-9-11(15)8-13(17)14(18)16-12-6-4-5-10(2)7-12/h8-10,12H,3-7H2,1-2H3,(H,16,18). The van der Waals surface area contributed by atoms with Crippen molar-refractivity contribution in [1.82, 2.24) is 9.88 Å². The zero-order chi connectivity index (χ0) is 13.1. The van der Waals surface area contributed by atoms with Crippen LogP contribution in [0.4, 0.5) is 0 Å². The number of carbonyl (C=O) groups is 1. The molecular formula is C14H21BrN2O. The van der Waals surface area contributed by atoms with Gasteiger partial charge in [0, 0.05) is 23.3 Å². The molecule has 1 N–H and O–H groups in total. The van der Waals surface area contributed by atoms with Crippen LogP contribution >= 0.6 is 15.9 Å². The molecule has 2 unspecified atom stereocenters. The van der Waals surface area contributed by atoms with Gasteiger partial charge in [0.25, 0.3) is 5.91 Å². The number of nitrogens with one attached hydrogen (secondary N) is 1. The smallest absolute Gasteiger partial charge is 0.268 e. The molecule has 1 saturated carbocycles. The van der Waals surface area contributed by atoms with E-state index in [1.165, 1.54) is 12.8 Å². The van der Waals surface area contributed by atoms with Crippen LogP contribution in [0.5, 0.6) is 0 Å². The molecule has 3 nitrogen and oxygen atoms in total. The molecule has 1 aromatic heterocycles. The van der Waals surface area contributed by atoms with Gasteiger partial charge in [-0.25, -0.2) is 0 Å². The van der Waals surface area contributed by atoms with Gasteiger partial charge in [-0.15, -0.1) is 0 Å². The van der Waals surface area contributed by atoms with Gasteiger partial charge in [-0.05, 0) is 47.7 Å². The third-order valence-corrected chi connectivity index (χ3v) is 4.14. The van der Waals surface area contributed by atoms with Gasteiger partial charge in [-0.3, -0.25) is 4.79 Å². The fourth-order valence-electron chi connectivity index (χ4n) is 2.75. The highest BCUT2D eigenvalue weighted by molar-refractivity contribution is 9.10. The predicted octanol–water partition coefficient (Wildman–Crippen LogP) is 3.58. The third kappa shape index (κ3) is 3.16. The van der Waals surface area contributed by atoms with Gasteiger partial charge >= 0.3 is 0 Å². The van der Waals surface area contributed by atoms with Crippen molar-refractivity contribution < 1.29 is 4.79 Å². The first-order valence-electron chi connectivity index (χ1n) is 6.76. The Hall–Kier alpha value is -0.770. The van der Waals surface area contributed by atoms with Crippen molar-refractivity contribution in [1.29, 1.82) is 0 Å². The quantitative estimate of drug-likeness (QED) is 0.909. The second-order valence-electron chi connectivity index (χ2n) is 5.27. The Balaban J connectivity index is 2.02. The summed E-state index contributed by atoms with van der Waals surface area (Å²) < 4.78 is 2.94. The molecule has 0 spiro atoms. The number of hydrogen-bond acceptors (Lipinski definition) is 1. The highest BCUT2D eigenvalue weighted by Gasteiger charge is 2.22. The van der Waals surface area contributed by atoms with E-state index in [1.54, 1.807) is 0 Å². The summed E-state index contributed by atoms with van der Waals surface area (Å²) in [4.78, 5) is 12.3. The topological polar surface area (TPSA) is 34.0 Å². The van der Waals surface area contributed by atoms with Crippen molar-refractivity contribution in [2.45, 2.75) is 52.1 Å². The Morgan fingerprint density at radius 2 is 2.33 bits per heavy atom. The lowest BCUT2D eigenvalue weighted by Gasteiger charge is -2.27. The molecule has 1 aromatic rings. The van der Waals surface area contributed by atoms with Crippen LogP contribution < -0.4 is 5.32 Å². The summed E-state index contributed by atoms with van der Waals surface area (Å²) in [5.74, 6) is 0.787. The number of amides is 1. The third-order valence-electron chi connectivity index (χ3n) is 3.71. The first kappa shape index (κ1) is 13.7. The molecule has 4 heteroatoms. The highest BCUT2D eigenvalue weighted by atomic mass is 79.9. The summed E-state index contributed by atoms with van der Waals surface area (Å²) >= 11 is 3.43. The minimum atomic E-state index is 0.0571. The summed E-state index contributed by atoms with van der Waals surface area (Å²) in [5, 5.41) is 3.17. The summed E-state index contributed by atoms with van der Waals surface area (Å²) in [6.07, 6.45) is 6.70. The monoisotopic (exact) mass is 312 g/mol. The molecule has 1 fully saturated rings. The van der Waals surface area contributed by atoms with Crippen LogP contribution in [0, 0.1) is 5.92 Å². The second-order valence-corrected chi connectivity index (χ2v) is 6.19. The molecule has 18 heavy (non-hydrogen) atoms. The van der Waals surface area contributed by atoms with E-state index in [9.17, 15) is 4.79 Å². The normalized spacial score (nSPS) is 23.9. The molecule has 1 amide bonds. The van der Waals surface area contributed by atoms with Gasteiger partial charge in [-0.1, -0.05) is 19.8 Å². The van der Waals surface area contributed by atoms with Gasteiger partial charge < -0.3 is 9.88 Å². The van der Waals surface area contributed by atoms with E-state index in [2.05, 4.69) is 28.2 Å². The fraction of sp³-hybridized carbons (Fsp3) is 0.643. The lowest BCUT2D eigenvalue weighted by Crippen LogP contribution is -2.38. The Labute approximate surface area is 117 Å². The van der Waals surface area contributed by atoms with Crippen molar-refractivity contribution in [3.8, 4) is 0 Å². The Morgan fingerprint density at radius 1 is 1.56 bits per heavy atom. The van der Waals surface area contributed by atoms with Crippen LogP contribution in [0.2, 0.25) is 0 Å². The molecule has 0 aromatic carbocycles. The Morgan fingerprint density at radius 3 is 3.00 bits per heavy atom. The van der Waals surface area contributed by atoms with E-state index < -0.39 is 0 Å². The number of nitrogens with zero attached hydrogens (tertiary/aromatic N) is 1. The molecule has 0 saturated heterocycles. The van der Waals surface area contributed by atoms with Crippen LogP contribution in [0.3, 0.4) is 0 Å². The van der Waals surface area contributed by atoms with E-state index in [-0.39, 0.29) is 5.91 Å². The largest absolute Gasteiger partial charge is 0.348 e. The molecule has 1 aliphatic rings. The molecule has 0 radical (unpaired) electrons. The van der Waals surface area contributed by atoms with Gasteiger partial charge in [0.2, 0.25) is 0 Å².